The summed E-state index contributed by atoms with van der Waals surface area (Å²) in [7, 11) is 0. The van der Waals surface area contributed by atoms with E-state index in [1.54, 1.807) is 12.1 Å². The second-order valence-electron chi connectivity index (χ2n) is 12.3. The fraction of sp³-hybridized carbons (Fsp3) is 0.645. The van der Waals surface area contributed by atoms with E-state index in [0.29, 0.717) is 37.9 Å². The van der Waals surface area contributed by atoms with E-state index < -0.39 is 23.8 Å². The molecular weight excluding hydrogens is 550 g/mol. The molecule has 3 heterocycles. The fourth-order valence-corrected chi connectivity index (χ4v) is 6.96. The molecule has 0 amide bonds. The van der Waals surface area contributed by atoms with E-state index in [1.165, 1.54) is 12.5 Å². The molecule has 1 N–H and O–H groups in total. The van der Waals surface area contributed by atoms with Gasteiger partial charge < -0.3 is 14.9 Å². The number of likely N-dealkylation sites (tertiary alicyclic amines) is 2. The van der Waals surface area contributed by atoms with E-state index in [-0.39, 0.29) is 23.7 Å². The van der Waals surface area contributed by atoms with Crippen molar-refractivity contribution < 1.29 is 27.5 Å². The van der Waals surface area contributed by atoms with E-state index in [0.717, 1.165) is 69.7 Å². The Labute approximate surface area is 244 Å². The minimum Gasteiger partial charge on any atom is -0.480 e. The highest BCUT2D eigenvalue weighted by atomic mass is 19.4. The average Bonchev–Trinajstić information content (AvgIpc) is 3.34. The number of piperidine rings is 1. The smallest absolute Gasteiger partial charge is 0.419 e. The third-order valence-electron chi connectivity index (χ3n) is 9.43. The summed E-state index contributed by atoms with van der Waals surface area (Å²) in [5, 5.41) is 10.1. The monoisotopic (exact) mass is 591 g/mol. The summed E-state index contributed by atoms with van der Waals surface area (Å²) in [4.78, 5) is 27.0. The van der Waals surface area contributed by atoms with Crippen molar-refractivity contribution in [3.8, 4) is 0 Å². The maximum absolute atomic E-state index is 14.2. The van der Waals surface area contributed by atoms with Gasteiger partial charge in [0.1, 0.15) is 11.9 Å². The Bertz CT molecular complexity index is 1180. The SMILES string of the molecule is CCCN(c1ncc(C(F)(F)F)cn1)C1CCN(C[C@H]2CN([C@H](CC3CCC3)C(=O)O)C[C@@H]2c2cccc(F)c2)CC1. The minimum absolute atomic E-state index is 0.0406. The molecule has 3 atom stereocenters. The van der Waals surface area contributed by atoms with Gasteiger partial charge in [0.25, 0.3) is 0 Å². The highest BCUT2D eigenvalue weighted by Crippen LogP contribution is 2.38. The molecule has 3 aliphatic rings. The molecule has 1 aliphatic carbocycles. The molecule has 1 aromatic carbocycles. The van der Waals surface area contributed by atoms with Crippen LogP contribution in [0.25, 0.3) is 0 Å². The largest absolute Gasteiger partial charge is 0.480 e. The van der Waals surface area contributed by atoms with Crippen LogP contribution in [0.2, 0.25) is 0 Å². The molecule has 230 valence electrons. The van der Waals surface area contributed by atoms with Gasteiger partial charge in [-0.3, -0.25) is 9.69 Å². The zero-order valence-corrected chi connectivity index (χ0v) is 24.1. The number of carbonyl (C=O) groups is 1. The first-order valence-corrected chi connectivity index (χ1v) is 15.2. The molecule has 3 fully saturated rings. The molecule has 0 unspecified atom stereocenters. The number of halogens is 4. The van der Waals surface area contributed by atoms with Gasteiger partial charge in [-0.05, 0) is 55.2 Å². The van der Waals surface area contributed by atoms with Crippen LogP contribution in [0.1, 0.15) is 68.9 Å². The Morgan fingerprint density at radius 2 is 1.83 bits per heavy atom. The van der Waals surface area contributed by atoms with E-state index in [4.69, 9.17) is 0 Å². The van der Waals surface area contributed by atoms with E-state index in [1.807, 2.05) is 17.9 Å². The van der Waals surface area contributed by atoms with Crippen LogP contribution in [0.5, 0.6) is 0 Å². The molecule has 7 nitrogen and oxygen atoms in total. The minimum atomic E-state index is -4.47. The number of rotatable bonds is 11. The summed E-state index contributed by atoms with van der Waals surface area (Å²) in [6.07, 6.45) is 3.73. The van der Waals surface area contributed by atoms with Gasteiger partial charge in [0, 0.05) is 63.6 Å². The Kier molecular flexibility index (Phi) is 9.67. The maximum atomic E-state index is 14.2. The van der Waals surface area contributed by atoms with E-state index in [2.05, 4.69) is 19.8 Å². The second kappa shape index (κ2) is 13.2. The lowest BCUT2D eigenvalue weighted by Gasteiger charge is -2.39. The summed E-state index contributed by atoms with van der Waals surface area (Å²) in [5.74, 6) is -0.0573. The Hall–Kier alpha value is -2.79. The molecule has 2 saturated heterocycles. The van der Waals surface area contributed by atoms with Gasteiger partial charge in [0.05, 0.1) is 5.56 Å². The van der Waals surface area contributed by atoms with Crippen LogP contribution < -0.4 is 4.90 Å². The number of nitrogens with zero attached hydrogens (tertiary/aromatic N) is 5. The zero-order valence-electron chi connectivity index (χ0n) is 24.1. The lowest BCUT2D eigenvalue weighted by Crippen LogP contribution is -2.47. The first kappa shape index (κ1) is 30.7. The number of hydrogen-bond donors (Lipinski definition) is 1. The molecule has 1 aromatic heterocycles. The van der Waals surface area contributed by atoms with E-state index >= 15 is 0 Å². The number of carboxylic acid groups (broad SMARTS) is 1. The van der Waals surface area contributed by atoms with Crippen LogP contribution in [-0.4, -0.2) is 82.2 Å². The molecule has 2 aliphatic heterocycles. The Morgan fingerprint density at radius 1 is 1.12 bits per heavy atom. The van der Waals surface area contributed by atoms with Crippen LogP contribution in [0.4, 0.5) is 23.5 Å². The summed E-state index contributed by atoms with van der Waals surface area (Å²) in [5.41, 5.74) is 0.0625. The van der Waals surface area contributed by atoms with Gasteiger partial charge in [0.15, 0.2) is 0 Å². The molecule has 2 aromatic rings. The van der Waals surface area contributed by atoms with Crippen molar-refractivity contribution in [3.05, 3.63) is 53.6 Å². The van der Waals surface area contributed by atoms with Crippen LogP contribution in [0.15, 0.2) is 36.7 Å². The first-order valence-electron chi connectivity index (χ1n) is 15.2. The van der Waals surface area contributed by atoms with Crippen LogP contribution in [0, 0.1) is 17.7 Å². The number of alkyl halides is 3. The summed E-state index contributed by atoms with van der Waals surface area (Å²) in [6, 6.07) is 6.30. The van der Waals surface area contributed by atoms with Gasteiger partial charge in [-0.1, -0.05) is 38.3 Å². The van der Waals surface area contributed by atoms with Crippen molar-refractivity contribution in [2.75, 3.05) is 44.2 Å². The van der Waals surface area contributed by atoms with Crippen molar-refractivity contribution in [2.24, 2.45) is 11.8 Å². The molecule has 0 bridgehead atoms. The second-order valence-corrected chi connectivity index (χ2v) is 12.3. The summed E-state index contributed by atoms with van der Waals surface area (Å²) in [6.45, 7) is 6.35. The average molecular weight is 592 g/mol. The van der Waals surface area contributed by atoms with Gasteiger partial charge in [-0.15, -0.1) is 0 Å². The number of benzene rings is 1. The molecule has 42 heavy (non-hydrogen) atoms. The lowest BCUT2D eigenvalue weighted by molar-refractivity contribution is -0.144. The van der Waals surface area contributed by atoms with Crippen molar-refractivity contribution in [1.29, 1.82) is 0 Å². The van der Waals surface area contributed by atoms with Gasteiger partial charge >= 0.3 is 12.1 Å². The third-order valence-corrected chi connectivity index (χ3v) is 9.43. The zero-order chi connectivity index (χ0) is 29.9. The van der Waals surface area contributed by atoms with Crippen LogP contribution >= 0.6 is 0 Å². The number of hydrogen-bond acceptors (Lipinski definition) is 6. The molecule has 11 heteroatoms. The third kappa shape index (κ3) is 7.22. The Balaban J connectivity index is 1.25. The summed E-state index contributed by atoms with van der Waals surface area (Å²) >= 11 is 0. The van der Waals surface area contributed by atoms with Gasteiger partial charge in [-0.2, -0.15) is 13.2 Å². The summed E-state index contributed by atoms with van der Waals surface area (Å²) < 4.78 is 53.3. The van der Waals surface area contributed by atoms with Gasteiger partial charge in [0.2, 0.25) is 5.95 Å². The van der Waals surface area contributed by atoms with Crippen LogP contribution in [-0.2, 0) is 11.0 Å². The van der Waals surface area contributed by atoms with Crippen molar-refractivity contribution >= 4 is 11.9 Å². The number of anilines is 1. The lowest BCUT2D eigenvalue weighted by atomic mass is 9.80. The standard InChI is InChI=1S/C31H41F4N5O2/c1-2-11-40(30-36-16-24(17-37-30)31(33,34)35)26-9-12-38(13-10-26)18-23-19-39(28(29(41)42)14-21-5-3-6-21)20-27(23)22-7-4-8-25(32)15-22/h4,7-8,15-17,21,23,26-28H,2-3,5-6,9-14,18-20H2,1H3,(H,41,42)/t23-,27+,28+/m0/s1. The molecular formula is C31H41F4N5O2. The fourth-order valence-electron chi connectivity index (χ4n) is 6.96. The van der Waals surface area contributed by atoms with E-state index in [9.17, 15) is 27.5 Å². The number of carboxylic acids is 1. The molecule has 0 spiro atoms. The van der Waals surface area contributed by atoms with Crippen molar-refractivity contribution in [1.82, 2.24) is 19.8 Å². The predicted octanol–water partition coefficient (Wildman–Crippen LogP) is 5.67. The van der Waals surface area contributed by atoms with Crippen molar-refractivity contribution in [2.45, 2.75) is 76.0 Å². The van der Waals surface area contributed by atoms with Gasteiger partial charge in [-0.25, -0.2) is 14.4 Å². The predicted molar refractivity (Wildman–Crippen MR) is 152 cm³/mol. The molecule has 5 rings (SSSR count). The molecule has 0 radical (unpaired) electrons. The van der Waals surface area contributed by atoms with Crippen molar-refractivity contribution in [3.63, 3.8) is 0 Å². The molecule has 1 saturated carbocycles. The quantitative estimate of drug-likeness (QED) is 0.338. The highest BCUT2D eigenvalue weighted by Gasteiger charge is 2.42. The topological polar surface area (TPSA) is 72.8 Å². The normalized spacial score (nSPS) is 23.5. The maximum Gasteiger partial charge on any atom is 0.419 e. The Morgan fingerprint density at radius 3 is 2.40 bits per heavy atom. The number of aromatic nitrogens is 2. The number of aliphatic carboxylic acids is 1. The van der Waals surface area contributed by atoms with Crippen LogP contribution in [0.3, 0.4) is 0 Å². The first-order chi connectivity index (χ1) is 20.1. The highest BCUT2D eigenvalue weighted by molar-refractivity contribution is 5.73.